The molecule has 1 atom stereocenters. The van der Waals surface area contributed by atoms with Crippen molar-refractivity contribution < 1.29 is 39.1 Å². The molecular formula is C4H6N3NaO2S. The maximum absolute atomic E-state index is 10.7. The smallest absolute Gasteiger partial charge is 0.751 e. The Kier molecular flexibility index (Phi) is 4.42. The minimum absolute atomic E-state index is 0. The van der Waals surface area contributed by atoms with Crippen LogP contribution in [0.25, 0.3) is 0 Å². The summed E-state index contributed by atoms with van der Waals surface area (Å²) in [5.74, 6) is -1.29. The zero-order valence-electron chi connectivity index (χ0n) is 6.25. The third kappa shape index (κ3) is 2.34. The molecule has 0 aromatic carbocycles. The molecular weight excluding hydrogens is 177 g/mol. The summed E-state index contributed by atoms with van der Waals surface area (Å²) >= 11 is 4.72. The van der Waals surface area contributed by atoms with Crippen LogP contribution in [0.2, 0.25) is 0 Å². The van der Waals surface area contributed by atoms with E-state index >= 15 is 0 Å². The van der Waals surface area contributed by atoms with Gasteiger partial charge in [0.25, 0.3) is 0 Å². The van der Waals surface area contributed by atoms with Crippen LogP contribution in [-0.4, -0.2) is 29.3 Å². The van der Waals surface area contributed by atoms with E-state index < -0.39 is 17.3 Å². The first-order valence-electron chi connectivity index (χ1n) is 2.61. The first kappa shape index (κ1) is 11.2. The second-order valence-corrected chi connectivity index (χ2v) is 2.31. The van der Waals surface area contributed by atoms with Crippen LogP contribution in [0.1, 0.15) is 0 Å². The summed E-state index contributed by atoms with van der Waals surface area (Å²) in [6, 6.07) is 0. The summed E-state index contributed by atoms with van der Waals surface area (Å²) < 4.78 is 0. The van der Waals surface area contributed by atoms with Crippen LogP contribution >= 0.6 is 0 Å². The third-order valence-electron chi connectivity index (χ3n) is 1.18. The van der Waals surface area contributed by atoms with Gasteiger partial charge in [-0.05, 0) is 5.50 Å². The molecule has 0 radical (unpaired) electrons. The number of likely N-dealkylation sites (N-methyl/N-ethyl adjacent to an activating group) is 1. The Hall–Kier alpha value is 0.250. The summed E-state index contributed by atoms with van der Waals surface area (Å²) in [4.78, 5) is 22.4. The number of hydrazine groups is 1. The van der Waals surface area contributed by atoms with Crippen LogP contribution in [0, 0.1) is 0 Å². The Balaban J connectivity index is 0.000001000. The van der Waals surface area contributed by atoms with Crippen LogP contribution in [0.4, 0.5) is 0 Å². The van der Waals surface area contributed by atoms with Crippen LogP contribution in [0.15, 0.2) is 0 Å². The van der Waals surface area contributed by atoms with Gasteiger partial charge in [-0.1, -0.05) is 0 Å². The molecule has 0 saturated carbocycles. The monoisotopic (exact) mass is 183 g/mol. The molecule has 56 valence electrons. The van der Waals surface area contributed by atoms with Crippen molar-refractivity contribution in [2.75, 3.05) is 7.05 Å². The van der Waals surface area contributed by atoms with E-state index in [9.17, 15) is 9.59 Å². The molecule has 1 unspecified atom stereocenters. The van der Waals surface area contributed by atoms with Gasteiger partial charge in [-0.15, -0.1) is 0 Å². The number of hydrogen-bond acceptors (Lipinski definition) is 4. The maximum Gasteiger partial charge on any atom is 1.00 e. The van der Waals surface area contributed by atoms with Crippen LogP contribution < -0.4 is 40.4 Å². The second-order valence-electron chi connectivity index (χ2n) is 1.87. The molecule has 7 heteroatoms. The van der Waals surface area contributed by atoms with Crippen LogP contribution in [-0.2, 0) is 22.2 Å². The van der Waals surface area contributed by atoms with Crippen molar-refractivity contribution in [3.8, 4) is 0 Å². The normalized spacial score (nSPS) is 24.2. The summed E-state index contributed by atoms with van der Waals surface area (Å²) in [5.41, 5.74) is 4.01. The maximum atomic E-state index is 10.7. The molecule has 0 aromatic rings. The number of hydrogen-bond donors (Lipinski definition) is 2. The van der Waals surface area contributed by atoms with Crippen molar-refractivity contribution in [2.45, 2.75) is 5.50 Å². The second kappa shape index (κ2) is 4.32. The van der Waals surface area contributed by atoms with Crippen molar-refractivity contribution >= 4 is 24.4 Å². The van der Waals surface area contributed by atoms with Crippen molar-refractivity contribution in [2.24, 2.45) is 0 Å². The van der Waals surface area contributed by atoms with Crippen molar-refractivity contribution in [3.63, 3.8) is 0 Å². The van der Waals surface area contributed by atoms with E-state index in [1.807, 2.05) is 0 Å². The van der Waals surface area contributed by atoms with Gasteiger partial charge in [0.05, 0.1) is 0 Å². The minimum atomic E-state index is -0.677. The van der Waals surface area contributed by atoms with Gasteiger partial charge in [-0.3, -0.25) is 15.0 Å². The van der Waals surface area contributed by atoms with Gasteiger partial charge < -0.3 is 17.5 Å². The standard InChI is InChI=1S/C4H7N3O2S.Na/c1-7-3(9)2(8)5-6-4(7)10;/h4,6,10H,1H3,(H,5,8);/q;+1/p-1. The molecule has 1 heterocycles. The largest absolute Gasteiger partial charge is 1.00 e. The molecule has 0 spiro atoms. The van der Waals surface area contributed by atoms with Crippen molar-refractivity contribution in [3.05, 3.63) is 0 Å². The fourth-order valence-corrected chi connectivity index (χ4v) is 0.699. The molecule has 11 heavy (non-hydrogen) atoms. The molecule has 1 rings (SSSR count). The predicted octanol–water partition coefficient (Wildman–Crippen LogP) is -5.09. The summed E-state index contributed by atoms with van der Waals surface area (Å²) in [5, 5.41) is 0. The molecule has 5 nitrogen and oxygen atoms in total. The first-order chi connectivity index (χ1) is 4.63. The van der Waals surface area contributed by atoms with Gasteiger partial charge in [-0.2, -0.15) is 0 Å². The number of nitrogens with one attached hydrogen (secondary N) is 2. The van der Waals surface area contributed by atoms with E-state index in [0.717, 1.165) is 4.90 Å². The molecule has 0 bridgehead atoms. The molecule has 0 aliphatic carbocycles. The van der Waals surface area contributed by atoms with Gasteiger partial charge >= 0.3 is 41.4 Å². The third-order valence-corrected chi connectivity index (χ3v) is 1.61. The predicted molar refractivity (Wildman–Crippen MR) is 35.2 cm³/mol. The molecule has 2 amide bonds. The number of nitrogens with zero attached hydrogens (tertiary/aromatic N) is 1. The van der Waals surface area contributed by atoms with E-state index in [0.29, 0.717) is 0 Å². The zero-order chi connectivity index (χ0) is 7.72. The number of amides is 2. The molecule has 1 fully saturated rings. The van der Waals surface area contributed by atoms with E-state index in [1.54, 1.807) is 0 Å². The average molecular weight is 183 g/mol. The van der Waals surface area contributed by atoms with Gasteiger partial charge in [-0.25, -0.2) is 5.43 Å². The van der Waals surface area contributed by atoms with Crippen molar-refractivity contribution in [1.29, 1.82) is 0 Å². The Labute approximate surface area is 91.5 Å². The molecule has 2 N–H and O–H groups in total. The average Bonchev–Trinajstić information content (AvgIpc) is 1.93. The molecule has 0 aromatic heterocycles. The molecule has 1 aliphatic rings. The fraction of sp³-hybridized carbons (Fsp3) is 0.500. The van der Waals surface area contributed by atoms with E-state index in [-0.39, 0.29) is 29.6 Å². The topological polar surface area (TPSA) is 61.4 Å². The Morgan fingerprint density at radius 3 is 2.55 bits per heavy atom. The minimum Gasteiger partial charge on any atom is -0.751 e. The van der Waals surface area contributed by atoms with E-state index in [4.69, 9.17) is 12.6 Å². The van der Waals surface area contributed by atoms with Gasteiger partial charge in [0.2, 0.25) is 0 Å². The van der Waals surface area contributed by atoms with Gasteiger partial charge in [0, 0.05) is 7.05 Å². The fourth-order valence-electron chi connectivity index (χ4n) is 0.544. The number of carbonyl (C=O) groups excluding carboxylic acids is 2. The summed E-state index contributed by atoms with van der Waals surface area (Å²) in [6.07, 6.45) is 0. The Bertz CT molecular complexity index is 188. The van der Waals surface area contributed by atoms with Crippen LogP contribution in [0.5, 0.6) is 0 Å². The Morgan fingerprint density at radius 1 is 1.55 bits per heavy atom. The Morgan fingerprint density at radius 2 is 2.09 bits per heavy atom. The van der Waals surface area contributed by atoms with Gasteiger partial charge in [0.15, 0.2) is 0 Å². The van der Waals surface area contributed by atoms with Crippen LogP contribution in [0.3, 0.4) is 0 Å². The summed E-state index contributed by atoms with van der Waals surface area (Å²) in [7, 11) is 1.46. The van der Waals surface area contributed by atoms with E-state index in [2.05, 4.69) is 10.9 Å². The SMILES string of the molecule is CN1C(=O)C(=O)NNC1[S-].[Na+]. The summed E-state index contributed by atoms with van der Waals surface area (Å²) in [6.45, 7) is 0. The number of rotatable bonds is 0. The van der Waals surface area contributed by atoms with Gasteiger partial charge in [0.1, 0.15) is 0 Å². The zero-order valence-corrected chi connectivity index (χ0v) is 9.07. The molecule has 1 aliphatic heterocycles. The first-order valence-corrected chi connectivity index (χ1v) is 3.08. The van der Waals surface area contributed by atoms with Crippen molar-refractivity contribution in [1.82, 2.24) is 15.8 Å². The number of carbonyl (C=O) groups is 2. The van der Waals surface area contributed by atoms with E-state index in [1.165, 1.54) is 7.05 Å². The quantitative estimate of drug-likeness (QED) is 0.224. The molecule has 1 saturated heterocycles.